The number of rotatable bonds is 6. The Bertz CT molecular complexity index is 1530. The number of aromatic carboxylic acids is 1. The molecule has 0 saturated heterocycles. The number of benzene rings is 2. The highest BCUT2D eigenvalue weighted by molar-refractivity contribution is 6.07. The van der Waals surface area contributed by atoms with Gasteiger partial charge in [-0.2, -0.15) is 0 Å². The quantitative estimate of drug-likeness (QED) is 0.213. The van der Waals surface area contributed by atoms with Gasteiger partial charge in [0.05, 0.1) is 5.69 Å². The van der Waals surface area contributed by atoms with Gasteiger partial charge in [0, 0.05) is 44.8 Å². The standard InChI is InChI=1S/C28H28FN3O2/c1-14(2)10-17-13-20-19(6-5-7-22(20)31-17)25-24(15(3)4)26(32-27(25)28(33)34)21-11-16(29)12-23-18(21)8-9-30-23/h5-9,11-15,30-32H,10H2,1-4H3,(H,33,34). The van der Waals surface area contributed by atoms with Gasteiger partial charge in [-0.1, -0.05) is 39.8 Å². The molecule has 0 saturated carbocycles. The summed E-state index contributed by atoms with van der Waals surface area (Å²) in [7, 11) is 0. The number of aromatic nitrogens is 3. The van der Waals surface area contributed by atoms with Crippen LogP contribution >= 0.6 is 0 Å². The summed E-state index contributed by atoms with van der Waals surface area (Å²) >= 11 is 0. The second kappa shape index (κ2) is 8.20. The van der Waals surface area contributed by atoms with E-state index in [9.17, 15) is 14.3 Å². The number of aromatic amines is 3. The van der Waals surface area contributed by atoms with Crippen molar-refractivity contribution in [1.82, 2.24) is 15.0 Å². The van der Waals surface area contributed by atoms with E-state index in [1.807, 2.05) is 38.1 Å². The van der Waals surface area contributed by atoms with Crippen molar-refractivity contribution in [2.75, 3.05) is 0 Å². The highest BCUT2D eigenvalue weighted by atomic mass is 19.1. The van der Waals surface area contributed by atoms with Gasteiger partial charge < -0.3 is 20.1 Å². The van der Waals surface area contributed by atoms with E-state index in [2.05, 4.69) is 34.9 Å². The molecule has 0 fully saturated rings. The summed E-state index contributed by atoms with van der Waals surface area (Å²) in [5, 5.41) is 12.0. The largest absolute Gasteiger partial charge is 0.477 e. The molecule has 0 spiro atoms. The van der Waals surface area contributed by atoms with Crippen LogP contribution in [-0.4, -0.2) is 26.0 Å². The Morgan fingerprint density at radius 2 is 1.76 bits per heavy atom. The lowest BCUT2D eigenvalue weighted by Crippen LogP contribution is -2.00. The van der Waals surface area contributed by atoms with Crippen molar-refractivity contribution >= 4 is 27.8 Å². The fraction of sp³-hybridized carbons (Fsp3) is 0.250. The lowest BCUT2D eigenvalue weighted by Gasteiger charge is -2.13. The SMILES string of the molecule is CC(C)Cc1cc2c(-c3c(C(=O)O)[nH]c(-c4cc(F)cc5[nH]ccc45)c3C(C)C)cccc2[nH]1. The molecule has 0 bridgehead atoms. The molecule has 34 heavy (non-hydrogen) atoms. The third-order valence-corrected chi connectivity index (χ3v) is 6.35. The number of hydrogen-bond acceptors (Lipinski definition) is 1. The van der Waals surface area contributed by atoms with Crippen LogP contribution in [0.15, 0.2) is 48.7 Å². The van der Waals surface area contributed by atoms with E-state index >= 15 is 0 Å². The Balaban J connectivity index is 1.84. The van der Waals surface area contributed by atoms with Crippen LogP contribution < -0.4 is 0 Å². The number of carboxylic acids is 1. The molecule has 3 aromatic heterocycles. The number of nitrogens with one attached hydrogen (secondary N) is 3. The van der Waals surface area contributed by atoms with Crippen molar-refractivity contribution in [3.05, 3.63) is 71.4 Å². The van der Waals surface area contributed by atoms with E-state index in [4.69, 9.17) is 0 Å². The number of carboxylic acid groups (broad SMARTS) is 1. The molecule has 5 aromatic rings. The predicted molar refractivity (Wildman–Crippen MR) is 135 cm³/mol. The summed E-state index contributed by atoms with van der Waals surface area (Å²) in [6, 6.07) is 12.9. The molecule has 5 nitrogen and oxygen atoms in total. The Morgan fingerprint density at radius 3 is 2.47 bits per heavy atom. The van der Waals surface area contributed by atoms with E-state index in [0.717, 1.165) is 39.5 Å². The number of fused-ring (bicyclic) bond motifs is 2. The van der Waals surface area contributed by atoms with Gasteiger partial charge in [-0.3, -0.25) is 0 Å². The molecular weight excluding hydrogens is 429 g/mol. The topological polar surface area (TPSA) is 84.7 Å². The van der Waals surface area contributed by atoms with Crippen molar-refractivity contribution in [3.8, 4) is 22.4 Å². The second-order valence-corrected chi connectivity index (χ2v) is 9.68. The minimum Gasteiger partial charge on any atom is -0.477 e. The summed E-state index contributed by atoms with van der Waals surface area (Å²) in [5.74, 6) is -0.928. The maximum Gasteiger partial charge on any atom is 0.352 e. The Kier molecular flexibility index (Phi) is 5.31. The summed E-state index contributed by atoms with van der Waals surface area (Å²) in [6.45, 7) is 8.42. The first-order chi connectivity index (χ1) is 16.2. The first-order valence-electron chi connectivity index (χ1n) is 11.6. The van der Waals surface area contributed by atoms with Crippen molar-refractivity contribution in [1.29, 1.82) is 0 Å². The van der Waals surface area contributed by atoms with Crippen LogP contribution in [0.4, 0.5) is 4.39 Å². The molecule has 0 aliphatic rings. The average molecular weight is 458 g/mol. The van der Waals surface area contributed by atoms with E-state index in [1.165, 1.54) is 12.1 Å². The molecule has 0 unspecified atom stereocenters. The molecule has 3 heterocycles. The summed E-state index contributed by atoms with van der Waals surface area (Å²) in [6.07, 6.45) is 2.67. The minimum absolute atomic E-state index is 0.00376. The van der Waals surface area contributed by atoms with Crippen molar-refractivity contribution < 1.29 is 14.3 Å². The lowest BCUT2D eigenvalue weighted by atomic mass is 9.89. The predicted octanol–water partition coefficient (Wildman–Crippen LogP) is 7.47. The zero-order valence-electron chi connectivity index (χ0n) is 19.7. The third kappa shape index (κ3) is 3.59. The molecule has 0 aliphatic carbocycles. The monoisotopic (exact) mass is 457 g/mol. The fourth-order valence-corrected chi connectivity index (χ4v) is 5.06. The lowest BCUT2D eigenvalue weighted by molar-refractivity contribution is 0.0692. The minimum atomic E-state index is -1.04. The van der Waals surface area contributed by atoms with Crippen LogP contribution in [0, 0.1) is 11.7 Å². The Labute approximate surface area is 197 Å². The van der Waals surface area contributed by atoms with Crippen molar-refractivity contribution in [2.24, 2.45) is 5.92 Å². The van der Waals surface area contributed by atoms with Crippen LogP contribution in [0.1, 0.15) is 55.4 Å². The van der Waals surface area contributed by atoms with Gasteiger partial charge in [-0.25, -0.2) is 9.18 Å². The molecule has 0 atom stereocenters. The molecule has 174 valence electrons. The van der Waals surface area contributed by atoms with E-state index < -0.39 is 5.97 Å². The van der Waals surface area contributed by atoms with Crippen molar-refractivity contribution in [3.63, 3.8) is 0 Å². The zero-order chi connectivity index (χ0) is 24.1. The van der Waals surface area contributed by atoms with Crippen molar-refractivity contribution in [2.45, 2.75) is 40.0 Å². The first-order valence-corrected chi connectivity index (χ1v) is 11.6. The van der Waals surface area contributed by atoms with Gasteiger partial charge in [-0.15, -0.1) is 0 Å². The molecule has 0 amide bonds. The number of halogens is 1. The molecule has 2 aromatic carbocycles. The molecule has 4 N–H and O–H groups in total. The van der Waals surface area contributed by atoms with Crippen LogP contribution in [0.2, 0.25) is 0 Å². The van der Waals surface area contributed by atoms with Gasteiger partial charge in [0.1, 0.15) is 11.5 Å². The second-order valence-electron chi connectivity index (χ2n) is 9.68. The number of hydrogen-bond donors (Lipinski definition) is 4. The molecule has 0 aliphatic heterocycles. The van der Waals surface area contributed by atoms with Crippen LogP contribution in [0.3, 0.4) is 0 Å². The smallest absolute Gasteiger partial charge is 0.352 e. The molecule has 6 heteroatoms. The van der Waals surface area contributed by atoms with Crippen LogP contribution in [0.25, 0.3) is 44.2 Å². The van der Waals surface area contributed by atoms with Gasteiger partial charge in [0.15, 0.2) is 0 Å². The van der Waals surface area contributed by atoms with Gasteiger partial charge in [0.25, 0.3) is 0 Å². The zero-order valence-corrected chi connectivity index (χ0v) is 19.7. The maximum absolute atomic E-state index is 14.5. The Hall–Kier alpha value is -3.80. The fourth-order valence-electron chi connectivity index (χ4n) is 5.06. The average Bonchev–Trinajstić information content (AvgIpc) is 3.47. The van der Waals surface area contributed by atoms with E-state index in [-0.39, 0.29) is 17.4 Å². The molecular formula is C28H28FN3O2. The first kappa shape index (κ1) is 22.0. The van der Waals surface area contributed by atoms with Crippen LogP contribution in [-0.2, 0) is 6.42 Å². The van der Waals surface area contributed by atoms with Gasteiger partial charge in [-0.05, 0) is 59.7 Å². The number of carbonyl (C=O) groups is 1. The van der Waals surface area contributed by atoms with E-state index in [1.54, 1.807) is 6.20 Å². The molecule has 0 radical (unpaired) electrons. The highest BCUT2D eigenvalue weighted by Gasteiger charge is 2.28. The maximum atomic E-state index is 14.5. The Morgan fingerprint density at radius 1 is 0.971 bits per heavy atom. The van der Waals surface area contributed by atoms with Gasteiger partial charge in [0.2, 0.25) is 0 Å². The summed E-state index contributed by atoms with van der Waals surface area (Å²) < 4.78 is 14.5. The highest BCUT2D eigenvalue weighted by Crippen LogP contribution is 2.44. The molecule has 5 rings (SSSR count). The summed E-state index contributed by atoms with van der Waals surface area (Å²) in [5.41, 5.74) is 6.55. The third-order valence-electron chi connectivity index (χ3n) is 6.35. The van der Waals surface area contributed by atoms with Gasteiger partial charge >= 0.3 is 5.97 Å². The van der Waals surface area contributed by atoms with E-state index in [0.29, 0.717) is 28.3 Å². The number of H-pyrrole nitrogens is 3. The summed E-state index contributed by atoms with van der Waals surface area (Å²) in [4.78, 5) is 22.2. The normalized spacial score (nSPS) is 12.0. The van der Waals surface area contributed by atoms with Crippen LogP contribution in [0.5, 0.6) is 0 Å².